The number of fused-ring (bicyclic) bond motifs is 2. The van der Waals surface area contributed by atoms with Crippen LogP contribution in [0.1, 0.15) is 5.69 Å². The topological polar surface area (TPSA) is 107 Å². The Kier molecular flexibility index (Phi) is 4.17. The molecular weight excluding hydrogens is 398 g/mol. The smallest absolute Gasteiger partial charge is 0.272 e. The van der Waals surface area contributed by atoms with Crippen LogP contribution in [0.2, 0.25) is 0 Å². The summed E-state index contributed by atoms with van der Waals surface area (Å²) >= 11 is 1.47. The number of hydrogen-bond donors (Lipinski definition) is 2. The van der Waals surface area contributed by atoms with Crippen molar-refractivity contribution in [2.75, 3.05) is 0 Å². The average Bonchev–Trinajstić information content (AvgIpc) is 3.33. The maximum atomic E-state index is 12.2. The average molecular weight is 413 g/mol. The van der Waals surface area contributed by atoms with Gasteiger partial charge < -0.3 is 5.73 Å². The minimum Gasteiger partial charge on any atom is -0.325 e. The minimum atomic E-state index is -0.258. The quantitative estimate of drug-likeness (QED) is 0.440. The van der Waals surface area contributed by atoms with Crippen LogP contribution in [0.5, 0.6) is 0 Å². The number of thiophene rings is 1. The molecule has 0 unspecified atom stereocenters. The fraction of sp³-hybridized carbons (Fsp3) is 0.0952. The van der Waals surface area contributed by atoms with Gasteiger partial charge in [-0.2, -0.15) is 10.2 Å². The van der Waals surface area contributed by atoms with Crippen LogP contribution in [0.15, 0.2) is 47.5 Å². The van der Waals surface area contributed by atoms with E-state index in [2.05, 4.69) is 25.1 Å². The standard InChI is InChI=1S/C21H15N7OS/c1-23-17-13-4-3-7-24-21(13)30-19(17)18-15(10-25-28(18)2)11-5-6-12-14(8-11)16(9-22)26-27-20(12)29/h3-8,10H,9,22H2,2H3,(H,27,29). The highest BCUT2D eigenvalue weighted by Gasteiger charge is 2.22. The lowest BCUT2D eigenvalue weighted by Gasteiger charge is -2.08. The van der Waals surface area contributed by atoms with Gasteiger partial charge in [-0.3, -0.25) is 9.48 Å². The van der Waals surface area contributed by atoms with E-state index in [9.17, 15) is 4.79 Å². The van der Waals surface area contributed by atoms with Crippen LogP contribution in [0.3, 0.4) is 0 Å². The first-order valence-corrected chi connectivity index (χ1v) is 9.93. The van der Waals surface area contributed by atoms with Crippen LogP contribution >= 0.6 is 11.3 Å². The number of rotatable bonds is 3. The van der Waals surface area contributed by atoms with Crippen LogP contribution in [-0.4, -0.2) is 25.0 Å². The summed E-state index contributed by atoms with van der Waals surface area (Å²) in [6, 6.07) is 9.29. The first-order valence-electron chi connectivity index (χ1n) is 9.11. The van der Waals surface area contributed by atoms with E-state index in [0.29, 0.717) is 22.2 Å². The van der Waals surface area contributed by atoms with Gasteiger partial charge in [0.15, 0.2) is 0 Å². The van der Waals surface area contributed by atoms with Gasteiger partial charge in [0.05, 0.1) is 34.4 Å². The molecule has 3 N–H and O–H groups in total. The Balaban J connectivity index is 1.79. The number of H-pyrrole nitrogens is 1. The van der Waals surface area contributed by atoms with Gasteiger partial charge >= 0.3 is 0 Å². The largest absolute Gasteiger partial charge is 0.325 e. The lowest BCUT2D eigenvalue weighted by Crippen LogP contribution is -2.13. The van der Waals surface area contributed by atoms with Crippen molar-refractivity contribution in [2.24, 2.45) is 12.8 Å². The third kappa shape index (κ3) is 2.62. The SMILES string of the molecule is [C-]#[N+]c1c(-c2c(-c3ccc4c(=O)[nH]nc(CN)c4c3)cnn2C)sc2ncccc12. The molecule has 0 amide bonds. The van der Waals surface area contributed by atoms with E-state index in [1.54, 1.807) is 23.1 Å². The van der Waals surface area contributed by atoms with Crippen LogP contribution < -0.4 is 11.3 Å². The van der Waals surface area contributed by atoms with Gasteiger partial charge in [-0.25, -0.2) is 14.9 Å². The number of nitrogens with zero attached hydrogens (tertiary/aromatic N) is 5. The molecule has 30 heavy (non-hydrogen) atoms. The van der Waals surface area contributed by atoms with Crippen molar-refractivity contribution in [3.05, 3.63) is 70.2 Å². The summed E-state index contributed by atoms with van der Waals surface area (Å²) in [7, 11) is 1.85. The Morgan fingerprint density at radius 1 is 1.27 bits per heavy atom. The van der Waals surface area contributed by atoms with Crippen molar-refractivity contribution >= 4 is 38.0 Å². The number of hydrogen-bond acceptors (Lipinski definition) is 6. The van der Waals surface area contributed by atoms with Crippen molar-refractivity contribution in [2.45, 2.75) is 6.54 Å². The van der Waals surface area contributed by atoms with Crippen molar-refractivity contribution in [3.8, 4) is 21.7 Å². The summed E-state index contributed by atoms with van der Waals surface area (Å²) in [6.45, 7) is 7.94. The predicted octanol–water partition coefficient (Wildman–Crippen LogP) is 3.61. The van der Waals surface area contributed by atoms with E-state index in [4.69, 9.17) is 12.3 Å². The highest BCUT2D eigenvalue weighted by Crippen LogP contribution is 2.46. The molecule has 0 aliphatic heterocycles. The fourth-order valence-electron chi connectivity index (χ4n) is 3.65. The van der Waals surface area contributed by atoms with E-state index < -0.39 is 0 Å². The maximum Gasteiger partial charge on any atom is 0.272 e. The molecule has 0 aliphatic carbocycles. The Morgan fingerprint density at radius 2 is 2.13 bits per heavy atom. The third-order valence-corrected chi connectivity index (χ3v) is 6.19. The van der Waals surface area contributed by atoms with E-state index in [1.807, 2.05) is 31.3 Å². The molecule has 0 spiro atoms. The summed E-state index contributed by atoms with van der Waals surface area (Å²) < 4.78 is 1.76. The van der Waals surface area contributed by atoms with Crippen LogP contribution in [0.25, 0.3) is 47.5 Å². The summed E-state index contributed by atoms with van der Waals surface area (Å²) in [5.74, 6) is 0. The van der Waals surface area contributed by atoms with Gasteiger partial charge in [0.2, 0.25) is 5.69 Å². The summed E-state index contributed by atoms with van der Waals surface area (Å²) in [5.41, 5.74) is 9.30. The molecule has 146 valence electrons. The van der Waals surface area contributed by atoms with Gasteiger partial charge in [-0.1, -0.05) is 12.1 Å². The predicted molar refractivity (Wildman–Crippen MR) is 117 cm³/mol. The maximum absolute atomic E-state index is 12.2. The number of nitrogens with two attached hydrogens (primary N) is 1. The molecule has 5 rings (SSSR count). The number of aromatic amines is 1. The van der Waals surface area contributed by atoms with E-state index in [0.717, 1.165) is 31.9 Å². The zero-order valence-corrected chi connectivity index (χ0v) is 16.7. The summed E-state index contributed by atoms with van der Waals surface area (Å²) in [4.78, 5) is 22.0. The number of aromatic nitrogens is 5. The molecule has 0 atom stereocenters. The van der Waals surface area contributed by atoms with Crippen molar-refractivity contribution in [1.29, 1.82) is 0 Å². The van der Waals surface area contributed by atoms with E-state index >= 15 is 0 Å². The fourth-order valence-corrected chi connectivity index (χ4v) is 4.82. The van der Waals surface area contributed by atoms with Crippen molar-refractivity contribution in [1.82, 2.24) is 25.0 Å². The second kappa shape index (κ2) is 6.88. The van der Waals surface area contributed by atoms with Gasteiger partial charge in [-0.05, 0) is 23.8 Å². The second-order valence-electron chi connectivity index (χ2n) is 6.74. The lowest BCUT2D eigenvalue weighted by molar-refractivity contribution is 0.777. The van der Waals surface area contributed by atoms with Gasteiger partial charge in [0, 0.05) is 36.1 Å². The highest BCUT2D eigenvalue weighted by molar-refractivity contribution is 7.22. The minimum absolute atomic E-state index is 0.209. The molecule has 9 heteroatoms. The molecule has 0 aliphatic rings. The molecule has 5 aromatic rings. The number of benzene rings is 1. The third-order valence-electron chi connectivity index (χ3n) is 5.08. The van der Waals surface area contributed by atoms with Gasteiger partial charge in [-0.15, -0.1) is 11.3 Å². The van der Waals surface area contributed by atoms with Crippen molar-refractivity contribution in [3.63, 3.8) is 0 Å². The molecule has 0 radical (unpaired) electrons. The molecule has 8 nitrogen and oxygen atoms in total. The van der Waals surface area contributed by atoms with Crippen molar-refractivity contribution < 1.29 is 0 Å². The second-order valence-corrected chi connectivity index (χ2v) is 7.74. The summed E-state index contributed by atoms with van der Waals surface area (Å²) in [5, 5.41) is 13.1. The number of nitrogens with one attached hydrogen (secondary N) is 1. The Morgan fingerprint density at radius 3 is 2.93 bits per heavy atom. The Hall–Kier alpha value is -3.87. The van der Waals surface area contributed by atoms with Gasteiger partial charge in [0.25, 0.3) is 5.56 Å². The van der Waals surface area contributed by atoms with Gasteiger partial charge in [0.1, 0.15) is 4.83 Å². The zero-order valence-electron chi connectivity index (χ0n) is 15.9. The molecular formula is C21H15N7OS. The normalized spacial score (nSPS) is 11.2. The Labute approximate surface area is 174 Å². The van der Waals surface area contributed by atoms with Crippen LogP contribution in [-0.2, 0) is 13.6 Å². The molecule has 1 aromatic carbocycles. The first kappa shape index (κ1) is 18.2. The lowest BCUT2D eigenvalue weighted by atomic mass is 10.0. The van der Waals surface area contributed by atoms with E-state index in [1.165, 1.54) is 11.3 Å². The number of aryl methyl sites for hydroxylation is 1. The van der Waals surface area contributed by atoms with Crippen LogP contribution in [0, 0.1) is 6.57 Å². The molecule has 0 saturated carbocycles. The molecule has 4 aromatic heterocycles. The summed E-state index contributed by atoms with van der Waals surface area (Å²) in [6.07, 6.45) is 3.49. The first-order chi connectivity index (χ1) is 14.6. The zero-order chi connectivity index (χ0) is 20.8. The molecule has 0 bridgehead atoms. The molecule has 4 heterocycles. The van der Waals surface area contributed by atoms with Crippen LogP contribution in [0.4, 0.5) is 5.69 Å². The monoisotopic (exact) mass is 413 g/mol. The Bertz CT molecular complexity index is 1540. The molecule has 0 fully saturated rings. The highest BCUT2D eigenvalue weighted by atomic mass is 32.1. The number of pyridine rings is 1. The molecule has 0 saturated heterocycles. The van der Waals surface area contributed by atoms with E-state index in [-0.39, 0.29) is 12.1 Å².